The first kappa shape index (κ1) is 19.5. The molecule has 0 aliphatic carbocycles. The summed E-state index contributed by atoms with van der Waals surface area (Å²) in [5, 5.41) is 6.02. The molecule has 1 aromatic heterocycles. The number of methoxy groups -OCH3 is 2. The second-order valence-electron chi connectivity index (χ2n) is 5.76. The summed E-state index contributed by atoms with van der Waals surface area (Å²) in [4.78, 5) is 20.5. The maximum atomic E-state index is 12.2. The van der Waals surface area contributed by atoms with Crippen LogP contribution >= 0.6 is 0 Å². The first-order chi connectivity index (χ1) is 12.7. The van der Waals surface area contributed by atoms with E-state index in [0.29, 0.717) is 36.0 Å². The van der Waals surface area contributed by atoms with Crippen molar-refractivity contribution in [1.82, 2.24) is 15.3 Å². The summed E-state index contributed by atoms with van der Waals surface area (Å²) in [7, 11) is 3.20. The predicted molar refractivity (Wildman–Crippen MR) is 101 cm³/mol. The Morgan fingerprint density at radius 1 is 1.08 bits per heavy atom. The maximum absolute atomic E-state index is 12.2. The fraction of sp³-hybridized carbons (Fsp3) is 0.421. The van der Waals surface area contributed by atoms with Crippen LogP contribution in [0.3, 0.4) is 0 Å². The number of amides is 1. The highest BCUT2D eigenvalue weighted by molar-refractivity contribution is 5.91. The molecule has 0 aliphatic rings. The number of unbranched alkanes of at least 4 members (excludes halogenated alkanes) is 1. The Labute approximate surface area is 154 Å². The van der Waals surface area contributed by atoms with E-state index < -0.39 is 0 Å². The van der Waals surface area contributed by atoms with Crippen LogP contribution in [0.2, 0.25) is 0 Å². The standard InChI is InChI=1S/C19H26N4O3/c1-4-5-9-20-18-13-22-15(12-23-18)19(24)21-10-8-14-6-7-16(25-2)17(11-14)26-3/h6-7,11-13H,4-5,8-10H2,1-3H3,(H,20,23)(H,21,24). The largest absolute Gasteiger partial charge is 0.493 e. The van der Waals surface area contributed by atoms with Crippen LogP contribution in [0.1, 0.15) is 35.8 Å². The lowest BCUT2D eigenvalue weighted by atomic mass is 10.1. The second kappa shape index (κ2) is 10.2. The molecule has 0 radical (unpaired) electrons. The maximum Gasteiger partial charge on any atom is 0.271 e. The molecule has 2 N–H and O–H groups in total. The summed E-state index contributed by atoms with van der Waals surface area (Å²) in [5.74, 6) is 1.80. The van der Waals surface area contributed by atoms with Gasteiger partial charge in [-0.05, 0) is 30.5 Å². The van der Waals surface area contributed by atoms with Crippen LogP contribution in [0.25, 0.3) is 0 Å². The van der Waals surface area contributed by atoms with E-state index in [4.69, 9.17) is 9.47 Å². The molecule has 0 unspecified atom stereocenters. The van der Waals surface area contributed by atoms with Gasteiger partial charge in [-0.15, -0.1) is 0 Å². The minimum Gasteiger partial charge on any atom is -0.493 e. The molecule has 0 saturated carbocycles. The number of anilines is 1. The van der Waals surface area contributed by atoms with Gasteiger partial charge in [0.05, 0.1) is 26.6 Å². The summed E-state index contributed by atoms with van der Waals surface area (Å²) in [6.07, 6.45) is 5.93. The van der Waals surface area contributed by atoms with E-state index in [1.165, 1.54) is 6.20 Å². The van der Waals surface area contributed by atoms with Gasteiger partial charge in [0, 0.05) is 13.1 Å². The molecule has 26 heavy (non-hydrogen) atoms. The zero-order valence-electron chi connectivity index (χ0n) is 15.5. The average molecular weight is 358 g/mol. The minimum atomic E-state index is -0.238. The van der Waals surface area contributed by atoms with Crippen molar-refractivity contribution < 1.29 is 14.3 Å². The highest BCUT2D eigenvalue weighted by atomic mass is 16.5. The number of aromatic nitrogens is 2. The number of rotatable bonds is 10. The number of nitrogens with one attached hydrogen (secondary N) is 2. The molecule has 0 spiro atoms. The van der Waals surface area contributed by atoms with Gasteiger partial charge < -0.3 is 20.1 Å². The monoisotopic (exact) mass is 358 g/mol. The molecule has 1 aromatic carbocycles. The van der Waals surface area contributed by atoms with Crippen LogP contribution < -0.4 is 20.1 Å². The van der Waals surface area contributed by atoms with Crippen LogP contribution in [0.5, 0.6) is 11.5 Å². The first-order valence-electron chi connectivity index (χ1n) is 8.73. The van der Waals surface area contributed by atoms with Crippen molar-refractivity contribution >= 4 is 11.7 Å². The lowest BCUT2D eigenvalue weighted by molar-refractivity contribution is 0.0949. The molecule has 0 saturated heterocycles. The van der Waals surface area contributed by atoms with Crippen molar-refractivity contribution in [1.29, 1.82) is 0 Å². The van der Waals surface area contributed by atoms with Gasteiger partial charge in [-0.3, -0.25) is 4.79 Å². The molecule has 7 nitrogen and oxygen atoms in total. The molecular formula is C19H26N4O3. The van der Waals surface area contributed by atoms with Gasteiger partial charge in [0.15, 0.2) is 11.5 Å². The van der Waals surface area contributed by atoms with Crippen molar-refractivity contribution in [3.8, 4) is 11.5 Å². The molecule has 140 valence electrons. The predicted octanol–water partition coefficient (Wildman–Crippen LogP) is 2.68. The van der Waals surface area contributed by atoms with Crippen molar-refractivity contribution in [2.24, 2.45) is 0 Å². The smallest absolute Gasteiger partial charge is 0.271 e. The molecule has 1 amide bonds. The van der Waals surface area contributed by atoms with Gasteiger partial charge in [0.1, 0.15) is 11.5 Å². The zero-order valence-corrected chi connectivity index (χ0v) is 15.5. The van der Waals surface area contributed by atoms with Gasteiger partial charge in [-0.25, -0.2) is 9.97 Å². The molecule has 7 heteroatoms. The number of benzene rings is 1. The van der Waals surface area contributed by atoms with Crippen LogP contribution in [0.4, 0.5) is 5.82 Å². The number of ether oxygens (including phenoxy) is 2. The molecule has 1 heterocycles. The van der Waals surface area contributed by atoms with Gasteiger partial charge in [-0.2, -0.15) is 0 Å². The Bertz CT molecular complexity index is 704. The third-order valence-electron chi connectivity index (χ3n) is 3.87. The number of carbonyl (C=O) groups is 1. The van der Waals surface area contributed by atoms with Crippen molar-refractivity contribution in [3.63, 3.8) is 0 Å². The van der Waals surface area contributed by atoms with Crippen LogP contribution in [0, 0.1) is 0 Å². The Kier molecular flexibility index (Phi) is 7.67. The van der Waals surface area contributed by atoms with E-state index in [1.807, 2.05) is 18.2 Å². The Hall–Kier alpha value is -2.83. The molecule has 2 aromatic rings. The summed E-state index contributed by atoms with van der Waals surface area (Å²) >= 11 is 0. The van der Waals surface area contributed by atoms with E-state index in [-0.39, 0.29) is 5.91 Å². The third kappa shape index (κ3) is 5.61. The fourth-order valence-electron chi connectivity index (χ4n) is 2.38. The first-order valence-corrected chi connectivity index (χ1v) is 8.73. The Morgan fingerprint density at radius 3 is 2.54 bits per heavy atom. The van der Waals surface area contributed by atoms with Crippen molar-refractivity contribution in [3.05, 3.63) is 41.9 Å². The average Bonchev–Trinajstić information content (AvgIpc) is 2.68. The van der Waals surface area contributed by atoms with Crippen LogP contribution in [0.15, 0.2) is 30.6 Å². The van der Waals surface area contributed by atoms with Gasteiger partial charge in [0.25, 0.3) is 5.91 Å². The second-order valence-corrected chi connectivity index (χ2v) is 5.76. The normalized spacial score (nSPS) is 10.3. The van der Waals surface area contributed by atoms with E-state index in [0.717, 1.165) is 24.9 Å². The summed E-state index contributed by atoms with van der Waals surface area (Å²) in [6, 6.07) is 5.71. The number of hydrogen-bond donors (Lipinski definition) is 2. The molecular weight excluding hydrogens is 332 g/mol. The number of hydrogen-bond acceptors (Lipinski definition) is 6. The summed E-state index contributed by atoms with van der Waals surface area (Å²) in [5.41, 5.74) is 1.35. The van der Waals surface area contributed by atoms with Crippen LogP contribution in [-0.4, -0.2) is 43.2 Å². The van der Waals surface area contributed by atoms with Crippen molar-refractivity contribution in [2.75, 3.05) is 32.6 Å². The minimum absolute atomic E-state index is 0.238. The lowest BCUT2D eigenvalue weighted by Gasteiger charge is -2.10. The Balaban J connectivity index is 1.83. The highest BCUT2D eigenvalue weighted by Gasteiger charge is 2.09. The molecule has 0 fully saturated rings. The van der Waals surface area contributed by atoms with E-state index >= 15 is 0 Å². The lowest BCUT2D eigenvalue weighted by Crippen LogP contribution is -2.26. The zero-order chi connectivity index (χ0) is 18.8. The molecule has 0 bridgehead atoms. The van der Waals surface area contributed by atoms with E-state index in [1.54, 1.807) is 20.4 Å². The number of carbonyl (C=O) groups excluding carboxylic acids is 1. The van der Waals surface area contributed by atoms with Crippen molar-refractivity contribution in [2.45, 2.75) is 26.2 Å². The molecule has 0 atom stereocenters. The summed E-state index contributed by atoms with van der Waals surface area (Å²) < 4.78 is 10.5. The van der Waals surface area contributed by atoms with E-state index in [9.17, 15) is 4.79 Å². The third-order valence-corrected chi connectivity index (χ3v) is 3.87. The van der Waals surface area contributed by atoms with Gasteiger partial charge >= 0.3 is 0 Å². The summed E-state index contributed by atoms with van der Waals surface area (Å²) in [6.45, 7) is 3.47. The molecule has 2 rings (SSSR count). The van der Waals surface area contributed by atoms with Gasteiger partial charge in [0.2, 0.25) is 0 Å². The fourth-order valence-corrected chi connectivity index (χ4v) is 2.38. The van der Waals surface area contributed by atoms with E-state index in [2.05, 4.69) is 27.5 Å². The Morgan fingerprint density at radius 2 is 1.88 bits per heavy atom. The van der Waals surface area contributed by atoms with Crippen LogP contribution in [-0.2, 0) is 6.42 Å². The topological polar surface area (TPSA) is 85.4 Å². The van der Waals surface area contributed by atoms with Gasteiger partial charge in [-0.1, -0.05) is 19.4 Å². The highest BCUT2D eigenvalue weighted by Crippen LogP contribution is 2.27. The quantitative estimate of drug-likeness (QED) is 0.635. The number of nitrogens with zero attached hydrogens (tertiary/aromatic N) is 2. The SMILES string of the molecule is CCCCNc1cnc(C(=O)NCCc2ccc(OC)c(OC)c2)cn1. The molecule has 0 aliphatic heterocycles.